The highest BCUT2D eigenvalue weighted by atomic mass is 35.5. The molecule has 9 nitrogen and oxygen atoms in total. The van der Waals surface area contributed by atoms with E-state index in [1.807, 2.05) is 0 Å². The number of nitro groups is 1. The summed E-state index contributed by atoms with van der Waals surface area (Å²) in [4.78, 5) is 64.1. The number of imide groups is 1. The molecular weight excluding hydrogens is 559 g/mol. The number of ketones is 1. The van der Waals surface area contributed by atoms with Crippen LogP contribution in [0.4, 0.5) is 11.4 Å². The van der Waals surface area contributed by atoms with Crippen LogP contribution in [0.1, 0.15) is 53.1 Å². The van der Waals surface area contributed by atoms with Gasteiger partial charge in [-0.05, 0) is 42.5 Å². The van der Waals surface area contributed by atoms with Crippen molar-refractivity contribution in [2.75, 3.05) is 4.90 Å². The fraction of sp³-hybridized carbons (Fsp3) is 0.0345. The number of rotatable bonds is 7. The number of hydrogen-bond donors (Lipinski definition) is 0. The number of benzene rings is 4. The number of hydrogen-bond acceptors (Lipinski definition) is 7. The van der Waals surface area contributed by atoms with E-state index in [-0.39, 0.29) is 49.2 Å². The molecule has 0 aromatic heterocycles. The van der Waals surface area contributed by atoms with Crippen LogP contribution < -0.4 is 4.90 Å². The van der Waals surface area contributed by atoms with Gasteiger partial charge < -0.3 is 4.74 Å². The Morgan fingerprint density at radius 3 is 1.93 bits per heavy atom. The van der Waals surface area contributed by atoms with Gasteiger partial charge in [-0.1, -0.05) is 59.6 Å². The third-order valence-electron chi connectivity index (χ3n) is 6.20. The second-order valence-electron chi connectivity index (χ2n) is 8.67. The Hall–Kier alpha value is -4.86. The van der Waals surface area contributed by atoms with Crippen LogP contribution in [0.5, 0.6) is 0 Å². The number of carbonyl (C=O) groups is 4. The minimum atomic E-state index is -1.43. The summed E-state index contributed by atoms with van der Waals surface area (Å²) in [5.41, 5.74) is 0.469. The topological polar surface area (TPSA) is 124 Å². The second kappa shape index (κ2) is 10.7. The lowest BCUT2D eigenvalue weighted by molar-refractivity contribution is -0.384. The molecule has 0 unspecified atom stereocenters. The van der Waals surface area contributed by atoms with Crippen LogP contribution in [0.3, 0.4) is 0 Å². The van der Waals surface area contributed by atoms with E-state index in [1.54, 1.807) is 30.3 Å². The molecule has 1 aliphatic rings. The maximum atomic E-state index is 13.3. The lowest BCUT2D eigenvalue weighted by Crippen LogP contribution is -2.29. The molecule has 0 bridgehead atoms. The SMILES string of the molecule is O=C(O[C@H](C(=O)c1ccccc1)c1ccc([N+](=O)[O-])cc1)c1cccc(N2C(=O)c3cc(Cl)c(Cl)cc3C2=O)c1. The van der Waals surface area contributed by atoms with Gasteiger partial charge in [0.05, 0.1) is 37.3 Å². The molecule has 0 saturated carbocycles. The van der Waals surface area contributed by atoms with Crippen molar-refractivity contribution in [1.29, 1.82) is 0 Å². The summed E-state index contributed by atoms with van der Waals surface area (Å²) in [5.74, 6) is -2.76. The minimum absolute atomic E-state index is 0.0436. The van der Waals surface area contributed by atoms with Crippen molar-refractivity contribution < 1.29 is 28.8 Å². The van der Waals surface area contributed by atoms with Gasteiger partial charge in [0.1, 0.15) is 0 Å². The number of ether oxygens (including phenoxy) is 1. The van der Waals surface area contributed by atoms with Gasteiger partial charge in [0, 0.05) is 23.3 Å². The van der Waals surface area contributed by atoms with E-state index >= 15 is 0 Å². The normalized spacial score (nSPS) is 13.1. The molecule has 4 aromatic rings. The zero-order valence-corrected chi connectivity index (χ0v) is 21.8. The average molecular weight is 575 g/mol. The van der Waals surface area contributed by atoms with Crippen LogP contribution >= 0.6 is 23.2 Å². The summed E-state index contributed by atoms with van der Waals surface area (Å²) >= 11 is 12.0. The van der Waals surface area contributed by atoms with E-state index in [1.165, 1.54) is 60.7 Å². The Bertz CT molecular complexity index is 1660. The number of nitro benzene ring substituents is 1. The van der Waals surface area contributed by atoms with Crippen LogP contribution in [-0.2, 0) is 4.74 Å². The van der Waals surface area contributed by atoms with Crippen molar-refractivity contribution in [1.82, 2.24) is 0 Å². The van der Waals surface area contributed by atoms with Gasteiger partial charge >= 0.3 is 5.97 Å². The molecule has 5 rings (SSSR count). The molecule has 0 radical (unpaired) electrons. The standard InChI is InChI=1S/C29H16Cl2N2O7/c30-23-14-21-22(15-24(23)31)28(36)32(27(21)35)20-8-4-7-18(13-20)29(37)40-26(25(34)16-5-2-1-3-6-16)17-9-11-19(12-10-17)33(38)39/h1-15,26H/t26-/m0/s1. The predicted molar refractivity (Wildman–Crippen MR) is 146 cm³/mol. The van der Waals surface area contributed by atoms with Crippen molar-refractivity contribution in [2.45, 2.75) is 6.10 Å². The highest BCUT2D eigenvalue weighted by Gasteiger charge is 2.38. The number of amides is 2. The fourth-order valence-electron chi connectivity index (χ4n) is 4.21. The lowest BCUT2D eigenvalue weighted by atomic mass is 9.99. The van der Waals surface area contributed by atoms with E-state index in [9.17, 15) is 29.3 Å². The first-order chi connectivity index (χ1) is 19.2. The third kappa shape index (κ3) is 4.95. The molecule has 0 aliphatic carbocycles. The van der Waals surface area contributed by atoms with Crippen molar-refractivity contribution in [3.63, 3.8) is 0 Å². The summed E-state index contributed by atoms with van der Waals surface area (Å²) in [6.07, 6.45) is -1.43. The highest BCUT2D eigenvalue weighted by molar-refractivity contribution is 6.44. The van der Waals surface area contributed by atoms with Gasteiger partial charge in [-0.25, -0.2) is 9.69 Å². The second-order valence-corrected chi connectivity index (χ2v) is 9.49. The summed E-state index contributed by atoms with van der Waals surface area (Å²) in [6, 6.07) is 21.4. The molecular formula is C29H16Cl2N2O7. The summed E-state index contributed by atoms with van der Waals surface area (Å²) < 4.78 is 5.62. The number of non-ortho nitro benzene ring substituents is 1. The fourth-order valence-corrected chi connectivity index (χ4v) is 4.54. The van der Waals surface area contributed by atoms with Gasteiger partial charge in [-0.15, -0.1) is 0 Å². The van der Waals surface area contributed by atoms with Crippen LogP contribution in [0.25, 0.3) is 0 Å². The Labute approximate surface area is 236 Å². The summed E-state index contributed by atoms with van der Waals surface area (Å²) in [7, 11) is 0. The van der Waals surface area contributed by atoms with Crippen LogP contribution in [0.15, 0.2) is 91.0 Å². The molecule has 40 heavy (non-hydrogen) atoms. The molecule has 198 valence electrons. The molecule has 0 fully saturated rings. The van der Waals surface area contributed by atoms with Gasteiger partial charge in [0.25, 0.3) is 17.5 Å². The molecule has 1 heterocycles. The lowest BCUT2D eigenvalue weighted by Gasteiger charge is -2.19. The minimum Gasteiger partial charge on any atom is -0.445 e. The number of fused-ring (bicyclic) bond motifs is 1. The van der Waals surface area contributed by atoms with Crippen molar-refractivity contribution in [3.8, 4) is 0 Å². The maximum Gasteiger partial charge on any atom is 0.339 e. The molecule has 1 aliphatic heterocycles. The summed E-state index contributed by atoms with van der Waals surface area (Å²) in [6.45, 7) is 0. The first-order valence-corrected chi connectivity index (χ1v) is 12.4. The summed E-state index contributed by atoms with van der Waals surface area (Å²) in [5, 5.41) is 11.3. The number of nitrogens with zero attached hydrogens (tertiary/aromatic N) is 2. The Morgan fingerprint density at radius 1 is 0.775 bits per heavy atom. The number of Topliss-reactive ketones (excluding diaryl/α,β-unsaturated/α-hetero) is 1. The van der Waals surface area contributed by atoms with E-state index < -0.39 is 34.6 Å². The van der Waals surface area contributed by atoms with Gasteiger partial charge in [-0.3, -0.25) is 24.5 Å². The molecule has 11 heteroatoms. The molecule has 0 saturated heterocycles. The van der Waals surface area contributed by atoms with Crippen LogP contribution in [0.2, 0.25) is 10.0 Å². The molecule has 1 atom stereocenters. The molecule has 0 N–H and O–H groups in total. The number of carbonyl (C=O) groups excluding carboxylic acids is 4. The predicted octanol–water partition coefficient (Wildman–Crippen LogP) is 6.48. The average Bonchev–Trinajstić information content (AvgIpc) is 3.20. The first kappa shape index (κ1) is 26.7. The molecule has 2 amide bonds. The van der Waals surface area contributed by atoms with Crippen LogP contribution in [-0.4, -0.2) is 28.5 Å². The smallest absolute Gasteiger partial charge is 0.339 e. The zero-order chi connectivity index (χ0) is 28.6. The Morgan fingerprint density at radius 2 is 1.35 bits per heavy atom. The largest absolute Gasteiger partial charge is 0.445 e. The molecule has 0 spiro atoms. The van der Waals surface area contributed by atoms with E-state index in [2.05, 4.69) is 0 Å². The maximum absolute atomic E-state index is 13.3. The van der Waals surface area contributed by atoms with E-state index in [0.717, 1.165) is 4.90 Å². The third-order valence-corrected chi connectivity index (χ3v) is 6.92. The van der Waals surface area contributed by atoms with Gasteiger partial charge in [-0.2, -0.15) is 0 Å². The van der Waals surface area contributed by atoms with Gasteiger partial charge in [0.15, 0.2) is 6.10 Å². The van der Waals surface area contributed by atoms with Crippen molar-refractivity contribution in [3.05, 3.63) is 139 Å². The van der Waals surface area contributed by atoms with Crippen molar-refractivity contribution >= 4 is 58.1 Å². The van der Waals surface area contributed by atoms with E-state index in [4.69, 9.17) is 27.9 Å². The number of halogens is 2. The number of esters is 1. The quantitative estimate of drug-likeness (QED) is 0.0812. The number of anilines is 1. The zero-order valence-electron chi connectivity index (χ0n) is 20.2. The van der Waals surface area contributed by atoms with E-state index in [0.29, 0.717) is 0 Å². The monoisotopic (exact) mass is 574 g/mol. The van der Waals surface area contributed by atoms with Crippen molar-refractivity contribution in [2.24, 2.45) is 0 Å². The Kier molecular flexibility index (Phi) is 7.17. The van der Waals surface area contributed by atoms with Gasteiger partial charge in [0.2, 0.25) is 5.78 Å². The first-order valence-electron chi connectivity index (χ1n) is 11.7. The highest BCUT2D eigenvalue weighted by Crippen LogP contribution is 2.34. The molecule has 4 aromatic carbocycles. The van der Waals surface area contributed by atoms with Crippen LogP contribution in [0, 0.1) is 10.1 Å². The Balaban J connectivity index is 1.46.